The van der Waals surface area contributed by atoms with Gasteiger partial charge in [0.1, 0.15) is 5.82 Å². The average molecular weight is 375 g/mol. The molecule has 1 amide bonds. The number of piperazine rings is 1. The fourth-order valence-corrected chi connectivity index (χ4v) is 5.48. The minimum absolute atomic E-state index is 0.0511. The number of hydrogen-bond donors (Lipinski definition) is 0. The molecular formula is C15H19F2N3O4S. The number of hydrogen-bond acceptors (Lipinski definition) is 6. The minimum Gasteiger partial charge on any atom is -0.383 e. The molecule has 2 fully saturated rings. The summed E-state index contributed by atoms with van der Waals surface area (Å²) < 4.78 is 56.2. The Morgan fingerprint density at radius 3 is 2.72 bits per heavy atom. The van der Waals surface area contributed by atoms with E-state index in [1.165, 1.54) is 4.90 Å². The van der Waals surface area contributed by atoms with Crippen LogP contribution >= 0.6 is 0 Å². The van der Waals surface area contributed by atoms with Gasteiger partial charge in [-0.3, -0.25) is 9.69 Å². The molecule has 3 rings (SSSR count). The largest absolute Gasteiger partial charge is 0.383 e. The molecule has 0 unspecified atom stereocenters. The molecule has 2 aliphatic heterocycles. The molecule has 2 atom stereocenters. The van der Waals surface area contributed by atoms with E-state index in [4.69, 9.17) is 4.74 Å². The summed E-state index contributed by atoms with van der Waals surface area (Å²) in [7, 11) is -1.74. The van der Waals surface area contributed by atoms with Crippen molar-refractivity contribution >= 4 is 15.7 Å². The van der Waals surface area contributed by atoms with E-state index in [0.29, 0.717) is 25.8 Å². The Balaban J connectivity index is 1.86. The standard InChI is InChI=1S/C15H19F2N3O4S/c1-24-5-4-19-2-3-20(13-9-25(22,23)8-12(13)19)15(21)14-11(17)6-10(16)7-18-14/h6-7,12-13H,2-5,8-9H2,1H3/t12-,13+/m1/s1. The number of sulfone groups is 1. The van der Waals surface area contributed by atoms with Crippen molar-refractivity contribution in [3.05, 3.63) is 29.6 Å². The topological polar surface area (TPSA) is 79.8 Å². The van der Waals surface area contributed by atoms with Crippen molar-refractivity contribution < 1.29 is 26.7 Å². The maximum absolute atomic E-state index is 13.9. The van der Waals surface area contributed by atoms with Crippen LogP contribution in [-0.2, 0) is 14.6 Å². The number of nitrogens with zero attached hydrogens (tertiary/aromatic N) is 3. The molecule has 0 aliphatic carbocycles. The maximum Gasteiger partial charge on any atom is 0.275 e. The van der Waals surface area contributed by atoms with Crippen LogP contribution in [0.4, 0.5) is 8.78 Å². The van der Waals surface area contributed by atoms with Gasteiger partial charge in [0, 0.05) is 38.9 Å². The Morgan fingerprint density at radius 1 is 1.32 bits per heavy atom. The van der Waals surface area contributed by atoms with Gasteiger partial charge in [0.2, 0.25) is 0 Å². The van der Waals surface area contributed by atoms with Crippen LogP contribution in [0.15, 0.2) is 12.3 Å². The molecule has 1 aromatic rings. The lowest BCUT2D eigenvalue weighted by molar-refractivity contribution is 0.0240. The highest BCUT2D eigenvalue weighted by Crippen LogP contribution is 2.28. The molecule has 25 heavy (non-hydrogen) atoms. The van der Waals surface area contributed by atoms with Gasteiger partial charge < -0.3 is 9.64 Å². The molecule has 1 aromatic heterocycles. The number of methoxy groups -OCH3 is 1. The number of carbonyl (C=O) groups excluding carboxylic acids is 1. The van der Waals surface area contributed by atoms with Crippen LogP contribution in [0, 0.1) is 11.6 Å². The summed E-state index contributed by atoms with van der Waals surface area (Å²) in [5.74, 6) is -2.86. The highest BCUT2D eigenvalue weighted by atomic mass is 32.2. The molecule has 0 bridgehead atoms. The SMILES string of the molecule is COCCN1CCN(C(=O)c2ncc(F)cc2F)[C@H]2CS(=O)(=O)C[C@H]21. The number of aromatic nitrogens is 1. The summed E-state index contributed by atoms with van der Waals surface area (Å²) in [6.45, 7) is 1.70. The smallest absolute Gasteiger partial charge is 0.275 e. The number of halogens is 2. The number of rotatable bonds is 4. The first kappa shape index (κ1) is 18.2. The van der Waals surface area contributed by atoms with Crippen LogP contribution in [0.1, 0.15) is 10.5 Å². The van der Waals surface area contributed by atoms with Crippen molar-refractivity contribution in [1.82, 2.24) is 14.8 Å². The lowest BCUT2D eigenvalue weighted by atomic mass is 10.0. The zero-order chi connectivity index (χ0) is 18.2. The summed E-state index contributed by atoms with van der Waals surface area (Å²) in [5, 5.41) is 0. The van der Waals surface area contributed by atoms with E-state index in [1.807, 2.05) is 4.90 Å². The third-order valence-corrected chi connectivity index (χ3v) is 6.34. The summed E-state index contributed by atoms with van der Waals surface area (Å²) >= 11 is 0. The van der Waals surface area contributed by atoms with Crippen LogP contribution in [0.25, 0.3) is 0 Å². The van der Waals surface area contributed by atoms with Crippen molar-refractivity contribution in [2.45, 2.75) is 12.1 Å². The summed E-state index contributed by atoms with van der Waals surface area (Å²) in [5.41, 5.74) is -0.491. The molecule has 2 saturated heterocycles. The Hall–Kier alpha value is -1.65. The van der Waals surface area contributed by atoms with Crippen molar-refractivity contribution in [2.75, 3.05) is 44.9 Å². The summed E-state index contributed by atoms with van der Waals surface area (Å²) in [6.07, 6.45) is 0.772. The van der Waals surface area contributed by atoms with E-state index in [0.717, 1.165) is 6.20 Å². The zero-order valence-corrected chi connectivity index (χ0v) is 14.5. The van der Waals surface area contributed by atoms with Crippen molar-refractivity contribution in [2.24, 2.45) is 0 Å². The van der Waals surface area contributed by atoms with Crippen molar-refractivity contribution in [3.63, 3.8) is 0 Å². The monoisotopic (exact) mass is 375 g/mol. The molecule has 0 aromatic carbocycles. The van der Waals surface area contributed by atoms with E-state index in [1.54, 1.807) is 7.11 Å². The lowest BCUT2D eigenvalue weighted by Crippen LogP contribution is -2.61. The number of amides is 1. The van der Waals surface area contributed by atoms with E-state index in [9.17, 15) is 22.0 Å². The van der Waals surface area contributed by atoms with E-state index < -0.39 is 39.1 Å². The van der Waals surface area contributed by atoms with Crippen LogP contribution in [0.3, 0.4) is 0 Å². The van der Waals surface area contributed by atoms with Gasteiger partial charge >= 0.3 is 0 Å². The molecule has 10 heteroatoms. The maximum atomic E-state index is 13.9. The van der Waals surface area contributed by atoms with Gasteiger partial charge in [-0.1, -0.05) is 0 Å². The van der Waals surface area contributed by atoms with Gasteiger partial charge in [-0.2, -0.15) is 0 Å². The molecule has 138 valence electrons. The van der Waals surface area contributed by atoms with Crippen molar-refractivity contribution in [3.8, 4) is 0 Å². The third-order valence-electron chi connectivity index (χ3n) is 4.64. The molecular weight excluding hydrogens is 356 g/mol. The molecule has 0 saturated carbocycles. The van der Waals surface area contributed by atoms with Gasteiger partial charge in [0.25, 0.3) is 5.91 Å². The van der Waals surface area contributed by atoms with Gasteiger partial charge in [-0.15, -0.1) is 0 Å². The predicted molar refractivity (Wildman–Crippen MR) is 84.9 cm³/mol. The van der Waals surface area contributed by atoms with Crippen molar-refractivity contribution in [1.29, 1.82) is 0 Å². The van der Waals surface area contributed by atoms with Gasteiger partial charge in [-0.25, -0.2) is 22.2 Å². The Labute approximate surface area is 144 Å². The average Bonchev–Trinajstić information content (AvgIpc) is 2.87. The quantitative estimate of drug-likeness (QED) is 0.733. The van der Waals surface area contributed by atoms with E-state index in [2.05, 4.69) is 4.98 Å². The summed E-state index contributed by atoms with van der Waals surface area (Å²) in [4.78, 5) is 19.5. The predicted octanol–water partition coefficient (Wildman–Crippen LogP) is -0.0704. The van der Waals surface area contributed by atoms with Gasteiger partial charge in [0.05, 0.1) is 30.4 Å². The van der Waals surface area contributed by atoms with Crippen LogP contribution in [0.5, 0.6) is 0 Å². The Morgan fingerprint density at radius 2 is 2.04 bits per heavy atom. The van der Waals surface area contributed by atoms with E-state index in [-0.39, 0.29) is 24.1 Å². The zero-order valence-electron chi connectivity index (χ0n) is 13.7. The molecule has 7 nitrogen and oxygen atoms in total. The van der Waals surface area contributed by atoms with Gasteiger partial charge in [-0.05, 0) is 0 Å². The first-order valence-electron chi connectivity index (χ1n) is 7.88. The first-order valence-corrected chi connectivity index (χ1v) is 9.70. The Bertz CT molecular complexity index is 774. The second-order valence-corrected chi connectivity index (χ2v) is 8.38. The number of pyridine rings is 1. The molecule has 0 spiro atoms. The normalized spacial score (nSPS) is 25.8. The number of carbonyl (C=O) groups is 1. The number of ether oxygens (including phenoxy) is 1. The molecule has 0 radical (unpaired) electrons. The second kappa shape index (κ2) is 6.93. The molecule has 0 N–H and O–H groups in total. The third kappa shape index (κ3) is 3.65. The second-order valence-electron chi connectivity index (χ2n) is 6.22. The molecule has 2 aliphatic rings. The van der Waals surface area contributed by atoms with Crippen LogP contribution in [0.2, 0.25) is 0 Å². The van der Waals surface area contributed by atoms with Crippen LogP contribution < -0.4 is 0 Å². The lowest BCUT2D eigenvalue weighted by Gasteiger charge is -2.43. The molecule has 3 heterocycles. The Kier molecular flexibility index (Phi) is 5.03. The fourth-order valence-electron chi connectivity index (χ4n) is 3.47. The van der Waals surface area contributed by atoms with Gasteiger partial charge in [0.15, 0.2) is 21.3 Å². The summed E-state index contributed by atoms with van der Waals surface area (Å²) in [6, 6.07) is -0.339. The van der Waals surface area contributed by atoms with E-state index >= 15 is 0 Å². The first-order chi connectivity index (χ1) is 11.8. The highest BCUT2D eigenvalue weighted by molar-refractivity contribution is 7.91. The fraction of sp³-hybridized carbons (Fsp3) is 0.600. The minimum atomic E-state index is -3.30. The highest BCUT2D eigenvalue weighted by Gasteiger charge is 2.48. The van der Waals surface area contributed by atoms with Crippen LogP contribution in [-0.4, -0.2) is 86.0 Å². The number of fused-ring (bicyclic) bond motifs is 1.